The number of pyridine rings is 1. The van der Waals surface area contributed by atoms with Gasteiger partial charge in [-0.05, 0) is 30.3 Å². The highest BCUT2D eigenvalue weighted by Gasteiger charge is 2.28. The van der Waals surface area contributed by atoms with E-state index in [4.69, 9.17) is 4.74 Å². The molecule has 0 radical (unpaired) electrons. The zero-order valence-corrected chi connectivity index (χ0v) is 12.3. The third-order valence-electron chi connectivity index (χ3n) is 3.81. The van der Waals surface area contributed by atoms with E-state index in [1.165, 1.54) is 12.1 Å². The first-order valence-electron chi connectivity index (χ1n) is 7.08. The summed E-state index contributed by atoms with van der Waals surface area (Å²) in [6.07, 6.45) is 3.48. The fourth-order valence-corrected chi connectivity index (χ4v) is 2.78. The Hall–Kier alpha value is -3.02. The number of hydrogen-bond acceptors (Lipinski definition) is 4. The number of esters is 1. The van der Waals surface area contributed by atoms with Crippen molar-refractivity contribution < 1.29 is 13.9 Å². The van der Waals surface area contributed by atoms with Gasteiger partial charge < -0.3 is 4.74 Å². The largest absolute Gasteiger partial charge is 0.455 e. The normalized spacial score (nSPS) is 13.0. The number of cyclic esters (lactones) is 1. The van der Waals surface area contributed by atoms with Crippen LogP contribution in [-0.2, 0) is 18.4 Å². The minimum Gasteiger partial charge on any atom is -0.455 e. The first-order valence-corrected chi connectivity index (χ1v) is 7.08. The monoisotopic (exact) mass is 309 g/mol. The lowest BCUT2D eigenvalue weighted by Gasteiger charge is -2.06. The molecule has 0 saturated heterocycles. The Morgan fingerprint density at radius 1 is 1.17 bits per heavy atom. The molecule has 5 nitrogen and oxygen atoms in total. The number of fused-ring (bicyclic) bond motifs is 1. The highest BCUT2D eigenvalue weighted by atomic mass is 19.1. The second kappa shape index (κ2) is 5.01. The van der Waals surface area contributed by atoms with Crippen LogP contribution in [0.1, 0.15) is 16.1 Å². The van der Waals surface area contributed by atoms with E-state index in [0.29, 0.717) is 17.0 Å². The average molecular weight is 309 g/mol. The Kier molecular flexibility index (Phi) is 2.97. The maximum absolute atomic E-state index is 13.2. The van der Waals surface area contributed by atoms with Crippen LogP contribution in [-0.4, -0.2) is 20.7 Å². The van der Waals surface area contributed by atoms with Crippen molar-refractivity contribution in [1.29, 1.82) is 0 Å². The topological polar surface area (TPSA) is 57.0 Å². The number of carbonyl (C=O) groups is 1. The number of aromatic nitrogens is 3. The van der Waals surface area contributed by atoms with Gasteiger partial charge in [0.05, 0.1) is 11.3 Å². The van der Waals surface area contributed by atoms with E-state index >= 15 is 0 Å². The third kappa shape index (κ3) is 2.19. The molecule has 0 N–H and O–H groups in total. The van der Waals surface area contributed by atoms with Crippen LogP contribution < -0.4 is 0 Å². The van der Waals surface area contributed by atoms with Crippen LogP contribution in [0.2, 0.25) is 0 Å². The summed E-state index contributed by atoms with van der Waals surface area (Å²) in [5, 5.41) is 4.46. The summed E-state index contributed by atoms with van der Waals surface area (Å²) < 4.78 is 19.9. The van der Waals surface area contributed by atoms with E-state index in [2.05, 4.69) is 10.1 Å². The van der Waals surface area contributed by atoms with Gasteiger partial charge in [-0.15, -0.1) is 0 Å². The second-order valence-corrected chi connectivity index (χ2v) is 5.33. The summed E-state index contributed by atoms with van der Waals surface area (Å²) >= 11 is 0. The molecule has 1 aromatic carbocycles. The molecule has 0 spiro atoms. The molecule has 3 heterocycles. The summed E-state index contributed by atoms with van der Waals surface area (Å²) in [7, 11) is 1.80. The lowest BCUT2D eigenvalue weighted by molar-refractivity contribution is 0.0534. The van der Waals surface area contributed by atoms with Crippen molar-refractivity contribution >= 4 is 5.97 Å². The van der Waals surface area contributed by atoms with Gasteiger partial charge in [0.25, 0.3) is 0 Å². The van der Waals surface area contributed by atoms with Gasteiger partial charge in [0, 0.05) is 36.1 Å². The molecule has 3 aromatic rings. The molecule has 0 amide bonds. The summed E-state index contributed by atoms with van der Waals surface area (Å²) in [6, 6.07) is 7.88. The molecule has 0 atom stereocenters. The second-order valence-electron chi connectivity index (χ2n) is 5.33. The van der Waals surface area contributed by atoms with Gasteiger partial charge in [0.1, 0.15) is 18.1 Å². The number of halogens is 1. The van der Waals surface area contributed by atoms with Crippen molar-refractivity contribution in [2.45, 2.75) is 6.61 Å². The molecule has 2 aromatic heterocycles. The zero-order valence-electron chi connectivity index (χ0n) is 12.3. The summed E-state index contributed by atoms with van der Waals surface area (Å²) in [5.41, 5.74) is 4.08. The number of nitrogens with zero attached hydrogens (tertiary/aromatic N) is 3. The molecular formula is C17H12FN3O2. The minimum absolute atomic E-state index is 0.189. The van der Waals surface area contributed by atoms with E-state index in [1.807, 2.05) is 6.20 Å². The molecule has 4 rings (SSSR count). The van der Waals surface area contributed by atoms with E-state index in [9.17, 15) is 9.18 Å². The van der Waals surface area contributed by atoms with E-state index in [1.54, 1.807) is 36.1 Å². The molecule has 1 aliphatic heterocycles. The van der Waals surface area contributed by atoms with Gasteiger partial charge in [-0.25, -0.2) is 9.18 Å². The summed E-state index contributed by atoms with van der Waals surface area (Å²) in [4.78, 5) is 16.2. The van der Waals surface area contributed by atoms with Crippen LogP contribution in [0.3, 0.4) is 0 Å². The molecule has 6 heteroatoms. The first-order chi connectivity index (χ1) is 11.1. The van der Waals surface area contributed by atoms with Crippen LogP contribution in [0.25, 0.3) is 22.4 Å². The number of ether oxygens (including phenoxy) is 1. The lowest BCUT2D eigenvalue weighted by Crippen LogP contribution is -1.98. The van der Waals surface area contributed by atoms with E-state index in [0.717, 1.165) is 16.7 Å². The van der Waals surface area contributed by atoms with Crippen molar-refractivity contribution in [3.8, 4) is 22.4 Å². The number of carbonyl (C=O) groups excluding carboxylic acids is 1. The number of rotatable bonds is 2. The Bertz CT molecular complexity index is 916. The fraction of sp³-hybridized carbons (Fsp3) is 0.118. The molecule has 114 valence electrons. The maximum atomic E-state index is 13.2. The number of benzene rings is 1. The molecule has 23 heavy (non-hydrogen) atoms. The molecular weight excluding hydrogens is 297 g/mol. The predicted octanol–water partition coefficient (Wildman–Crippen LogP) is 2.96. The van der Waals surface area contributed by atoms with Crippen LogP contribution in [0.15, 0.2) is 42.7 Å². The molecule has 0 aliphatic carbocycles. The Labute approximate surface area is 131 Å². The minimum atomic E-state index is -0.378. The lowest BCUT2D eigenvalue weighted by atomic mass is 9.97. The van der Waals surface area contributed by atoms with Crippen molar-refractivity contribution in [2.24, 2.45) is 7.05 Å². The van der Waals surface area contributed by atoms with Gasteiger partial charge >= 0.3 is 5.97 Å². The molecule has 0 fully saturated rings. The molecule has 0 saturated carbocycles. The number of hydrogen-bond donors (Lipinski definition) is 0. The van der Waals surface area contributed by atoms with E-state index < -0.39 is 0 Å². The Balaban J connectivity index is 1.93. The maximum Gasteiger partial charge on any atom is 0.341 e. The molecule has 0 bridgehead atoms. The number of aryl methyl sites for hydroxylation is 1. The van der Waals surface area contributed by atoms with Gasteiger partial charge in [0.15, 0.2) is 0 Å². The SMILES string of the molecule is Cn1cc(-c2ccnc3c2C(=O)OC3)c(-c2ccc(F)cc2)n1. The van der Waals surface area contributed by atoms with Gasteiger partial charge in [0.2, 0.25) is 0 Å². The molecule has 1 aliphatic rings. The van der Waals surface area contributed by atoms with Crippen LogP contribution in [0, 0.1) is 5.82 Å². The average Bonchev–Trinajstić information content (AvgIpc) is 3.12. The standard InChI is InChI=1S/C17H12FN3O2/c1-21-8-13(16(20-21)10-2-4-11(18)5-3-10)12-6-7-19-14-9-23-17(22)15(12)14/h2-8H,9H2,1H3. The van der Waals surface area contributed by atoms with Crippen LogP contribution in [0.5, 0.6) is 0 Å². The highest BCUT2D eigenvalue weighted by molar-refractivity contribution is 6.01. The van der Waals surface area contributed by atoms with Crippen molar-refractivity contribution in [3.63, 3.8) is 0 Å². The van der Waals surface area contributed by atoms with Gasteiger partial charge in [-0.2, -0.15) is 5.10 Å². The first kappa shape index (κ1) is 13.6. The highest BCUT2D eigenvalue weighted by Crippen LogP contribution is 2.35. The predicted molar refractivity (Wildman–Crippen MR) is 81.0 cm³/mol. The zero-order chi connectivity index (χ0) is 16.0. The van der Waals surface area contributed by atoms with Gasteiger partial charge in [-0.1, -0.05) is 0 Å². The summed E-state index contributed by atoms with van der Waals surface area (Å²) in [5.74, 6) is -0.684. The fourth-order valence-electron chi connectivity index (χ4n) is 2.78. The van der Waals surface area contributed by atoms with Crippen molar-refractivity contribution in [3.05, 3.63) is 59.8 Å². The Morgan fingerprint density at radius 3 is 2.74 bits per heavy atom. The van der Waals surface area contributed by atoms with Crippen LogP contribution >= 0.6 is 0 Å². The third-order valence-corrected chi connectivity index (χ3v) is 3.81. The van der Waals surface area contributed by atoms with Crippen molar-refractivity contribution in [2.75, 3.05) is 0 Å². The molecule has 0 unspecified atom stereocenters. The quantitative estimate of drug-likeness (QED) is 0.683. The van der Waals surface area contributed by atoms with Crippen molar-refractivity contribution in [1.82, 2.24) is 14.8 Å². The van der Waals surface area contributed by atoms with Gasteiger partial charge in [-0.3, -0.25) is 9.67 Å². The smallest absolute Gasteiger partial charge is 0.341 e. The Morgan fingerprint density at radius 2 is 1.96 bits per heavy atom. The van der Waals surface area contributed by atoms with E-state index in [-0.39, 0.29) is 18.4 Å². The van der Waals surface area contributed by atoms with Crippen LogP contribution in [0.4, 0.5) is 4.39 Å². The summed E-state index contributed by atoms with van der Waals surface area (Å²) in [6.45, 7) is 0.189.